The maximum atomic E-state index is 12.4. The first kappa shape index (κ1) is 14.3. The van der Waals surface area contributed by atoms with Crippen molar-refractivity contribution in [2.75, 3.05) is 0 Å². The predicted octanol–water partition coefficient (Wildman–Crippen LogP) is 4.53. The molecular formula is C14H9F3N2S. The van der Waals surface area contributed by atoms with Crippen molar-refractivity contribution in [3.05, 3.63) is 51.5 Å². The monoisotopic (exact) mass is 294 g/mol. The fourth-order valence-electron chi connectivity index (χ4n) is 1.55. The van der Waals surface area contributed by atoms with Crippen LogP contribution in [-0.2, 0) is 6.18 Å². The molecule has 102 valence electrons. The average molecular weight is 294 g/mol. The number of nitriles is 1. The van der Waals surface area contributed by atoms with Crippen molar-refractivity contribution in [3.63, 3.8) is 0 Å². The first-order valence-corrected chi connectivity index (χ1v) is 6.49. The number of benzene rings is 1. The van der Waals surface area contributed by atoms with Crippen molar-refractivity contribution in [1.29, 1.82) is 5.26 Å². The lowest BCUT2D eigenvalue weighted by Crippen LogP contribution is -2.03. The van der Waals surface area contributed by atoms with Crippen LogP contribution in [0.2, 0.25) is 0 Å². The Hall–Kier alpha value is -2.13. The van der Waals surface area contributed by atoms with E-state index in [2.05, 4.69) is 4.98 Å². The predicted molar refractivity (Wildman–Crippen MR) is 71.8 cm³/mol. The van der Waals surface area contributed by atoms with Crippen LogP contribution in [-0.4, -0.2) is 4.98 Å². The van der Waals surface area contributed by atoms with E-state index in [-0.39, 0.29) is 0 Å². The van der Waals surface area contributed by atoms with Gasteiger partial charge in [0.05, 0.1) is 11.1 Å². The molecule has 0 aliphatic rings. The van der Waals surface area contributed by atoms with Gasteiger partial charge in [-0.25, -0.2) is 4.98 Å². The molecule has 1 heterocycles. The van der Waals surface area contributed by atoms with Crippen molar-refractivity contribution in [1.82, 2.24) is 4.98 Å². The second kappa shape index (κ2) is 5.47. The molecular weight excluding hydrogens is 285 g/mol. The molecule has 0 radical (unpaired) electrons. The minimum absolute atomic E-state index is 0.336. The summed E-state index contributed by atoms with van der Waals surface area (Å²) < 4.78 is 37.3. The fourth-order valence-corrected chi connectivity index (χ4v) is 2.32. The van der Waals surface area contributed by atoms with E-state index in [1.165, 1.54) is 29.5 Å². The molecule has 0 atom stereocenters. The van der Waals surface area contributed by atoms with E-state index in [9.17, 15) is 13.2 Å². The SMILES string of the molecule is Cc1csc(/C(C#N)=C\c2ccc(C(F)(F)F)cc2)n1. The second-order valence-electron chi connectivity index (χ2n) is 4.08. The molecule has 0 saturated carbocycles. The van der Waals surface area contributed by atoms with Gasteiger partial charge in [-0.15, -0.1) is 11.3 Å². The average Bonchev–Trinajstić information content (AvgIpc) is 2.82. The van der Waals surface area contributed by atoms with E-state index in [4.69, 9.17) is 5.26 Å². The number of allylic oxidation sites excluding steroid dienone is 1. The number of thiazole rings is 1. The Balaban J connectivity index is 2.32. The molecule has 2 nitrogen and oxygen atoms in total. The molecule has 0 N–H and O–H groups in total. The summed E-state index contributed by atoms with van der Waals surface area (Å²) in [7, 11) is 0. The van der Waals surface area contributed by atoms with Crippen molar-refractivity contribution >= 4 is 23.0 Å². The van der Waals surface area contributed by atoms with Gasteiger partial charge in [0, 0.05) is 11.1 Å². The maximum Gasteiger partial charge on any atom is 0.416 e. The van der Waals surface area contributed by atoms with Crippen molar-refractivity contribution in [3.8, 4) is 6.07 Å². The third kappa shape index (κ3) is 3.25. The number of hydrogen-bond acceptors (Lipinski definition) is 3. The van der Waals surface area contributed by atoms with Gasteiger partial charge < -0.3 is 0 Å². The smallest absolute Gasteiger partial charge is 0.241 e. The molecule has 0 aliphatic carbocycles. The van der Waals surface area contributed by atoms with Gasteiger partial charge in [0.25, 0.3) is 0 Å². The van der Waals surface area contributed by atoms with Gasteiger partial charge in [0.2, 0.25) is 0 Å². The van der Waals surface area contributed by atoms with Crippen molar-refractivity contribution in [2.24, 2.45) is 0 Å². The highest BCUT2D eigenvalue weighted by Gasteiger charge is 2.29. The van der Waals surface area contributed by atoms with Crippen molar-refractivity contribution in [2.45, 2.75) is 13.1 Å². The number of alkyl halides is 3. The Morgan fingerprint density at radius 1 is 1.30 bits per heavy atom. The summed E-state index contributed by atoms with van der Waals surface area (Å²) in [5.74, 6) is 0. The van der Waals surface area contributed by atoms with Crippen LogP contribution in [0.1, 0.15) is 21.8 Å². The van der Waals surface area contributed by atoms with E-state index >= 15 is 0 Å². The zero-order valence-corrected chi connectivity index (χ0v) is 11.2. The maximum absolute atomic E-state index is 12.4. The summed E-state index contributed by atoms with van der Waals surface area (Å²) in [5, 5.41) is 11.5. The highest BCUT2D eigenvalue weighted by atomic mass is 32.1. The van der Waals surface area contributed by atoms with E-state index in [0.717, 1.165) is 17.8 Å². The zero-order chi connectivity index (χ0) is 14.8. The van der Waals surface area contributed by atoms with Gasteiger partial charge in [0.1, 0.15) is 11.1 Å². The van der Waals surface area contributed by atoms with Gasteiger partial charge in [-0.3, -0.25) is 0 Å². The summed E-state index contributed by atoms with van der Waals surface area (Å²) in [6.45, 7) is 1.81. The van der Waals surface area contributed by atoms with Crippen molar-refractivity contribution < 1.29 is 13.2 Å². The first-order valence-electron chi connectivity index (χ1n) is 5.61. The normalized spacial score (nSPS) is 12.2. The number of aromatic nitrogens is 1. The van der Waals surface area contributed by atoms with Gasteiger partial charge in [0.15, 0.2) is 0 Å². The zero-order valence-electron chi connectivity index (χ0n) is 10.4. The Morgan fingerprint density at radius 2 is 1.95 bits per heavy atom. The topological polar surface area (TPSA) is 36.7 Å². The largest absolute Gasteiger partial charge is 0.416 e. The summed E-state index contributed by atoms with van der Waals surface area (Å²) >= 11 is 1.33. The molecule has 0 amide bonds. The molecule has 2 rings (SSSR count). The summed E-state index contributed by atoms with van der Waals surface area (Å²) in [6.07, 6.45) is -2.83. The molecule has 0 fully saturated rings. The summed E-state index contributed by atoms with van der Waals surface area (Å²) in [6, 6.07) is 6.67. The molecule has 0 unspecified atom stereocenters. The Bertz CT molecular complexity index is 676. The standard InChI is InChI=1S/C14H9F3N2S/c1-9-8-20-13(19-9)11(7-18)6-10-2-4-12(5-3-10)14(15,16)17/h2-6,8H,1H3/b11-6-. The highest BCUT2D eigenvalue weighted by Crippen LogP contribution is 2.29. The fraction of sp³-hybridized carbons (Fsp3) is 0.143. The van der Waals surface area contributed by atoms with Crippen LogP contribution < -0.4 is 0 Å². The third-order valence-corrected chi connectivity index (χ3v) is 3.51. The van der Waals surface area contributed by atoms with Gasteiger partial charge >= 0.3 is 6.18 Å². The molecule has 1 aromatic heterocycles. The lowest BCUT2D eigenvalue weighted by Gasteiger charge is -2.06. The lowest BCUT2D eigenvalue weighted by molar-refractivity contribution is -0.137. The van der Waals surface area contributed by atoms with Gasteiger partial charge in [-0.05, 0) is 30.7 Å². The molecule has 1 aromatic carbocycles. The lowest BCUT2D eigenvalue weighted by atomic mass is 10.1. The quantitative estimate of drug-likeness (QED) is 0.763. The minimum atomic E-state index is -4.35. The Morgan fingerprint density at radius 3 is 2.40 bits per heavy atom. The summed E-state index contributed by atoms with van der Waals surface area (Å²) in [4.78, 5) is 4.18. The van der Waals surface area contributed by atoms with E-state index in [1.54, 1.807) is 0 Å². The Labute approximate surface area is 117 Å². The summed E-state index contributed by atoms with van der Waals surface area (Å²) in [5.41, 5.74) is 0.960. The van der Waals surface area contributed by atoms with Gasteiger partial charge in [-0.1, -0.05) is 12.1 Å². The molecule has 6 heteroatoms. The van der Waals surface area contributed by atoms with Gasteiger partial charge in [-0.2, -0.15) is 18.4 Å². The van der Waals surface area contributed by atoms with Crippen LogP contribution in [0.5, 0.6) is 0 Å². The van der Waals surface area contributed by atoms with Crippen LogP contribution in [0.4, 0.5) is 13.2 Å². The van der Waals surface area contributed by atoms with Crippen LogP contribution in [0.3, 0.4) is 0 Å². The van der Waals surface area contributed by atoms with Crippen LogP contribution in [0, 0.1) is 18.3 Å². The molecule has 0 bridgehead atoms. The van der Waals surface area contributed by atoms with E-state index in [1.807, 2.05) is 18.4 Å². The minimum Gasteiger partial charge on any atom is -0.241 e. The number of rotatable bonds is 2. The van der Waals surface area contributed by atoms with E-state index in [0.29, 0.717) is 16.1 Å². The second-order valence-corrected chi connectivity index (χ2v) is 4.94. The third-order valence-electron chi connectivity index (χ3n) is 2.52. The van der Waals surface area contributed by atoms with E-state index < -0.39 is 11.7 Å². The van der Waals surface area contributed by atoms with Crippen LogP contribution in [0.15, 0.2) is 29.6 Å². The number of aryl methyl sites for hydroxylation is 1. The number of hydrogen-bond donors (Lipinski definition) is 0. The first-order chi connectivity index (χ1) is 9.40. The Kier molecular flexibility index (Phi) is 3.91. The van der Waals surface area contributed by atoms with Crippen LogP contribution >= 0.6 is 11.3 Å². The molecule has 0 saturated heterocycles. The molecule has 0 spiro atoms. The number of halogens is 3. The highest BCUT2D eigenvalue weighted by molar-refractivity contribution is 7.11. The molecule has 2 aromatic rings. The number of nitrogens with zero attached hydrogens (tertiary/aromatic N) is 2. The molecule has 0 aliphatic heterocycles. The molecule has 20 heavy (non-hydrogen) atoms. The van der Waals surface area contributed by atoms with Crippen LogP contribution in [0.25, 0.3) is 11.6 Å².